The van der Waals surface area contributed by atoms with Gasteiger partial charge in [0.1, 0.15) is 5.82 Å². The van der Waals surface area contributed by atoms with E-state index in [2.05, 4.69) is 16.9 Å². The average molecular weight is 252 g/mol. The molecule has 1 aromatic rings. The zero-order valence-electron chi connectivity index (χ0n) is 11.7. The Hall–Kier alpha value is -0.830. The topological polar surface area (TPSA) is 48.9 Å². The second-order valence-corrected chi connectivity index (χ2v) is 5.12. The number of nitrogens with one attached hydrogen (secondary N) is 1. The Labute approximate surface area is 111 Å². The summed E-state index contributed by atoms with van der Waals surface area (Å²) in [6.07, 6.45) is 15.3. The van der Waals surface area contributed by atoms with E-state index in [0.717, 1.165) is 12.2 Å². The van der Waals surface area contributed by atoms with Gasteiger partial charge in [0.2, 0.25) is 0 Å². The van der Waals surface area contributed by atoms with Crippen molar-refractivity contribution in [3.05, 3.63) is 18.2 Å². The van der Waals surface area contributed by atoms with E-state index in [1.54, 1.807) is 6.20 Å². The van der Waals surface area contributed by atoms with Gasteiger partial charge in [0.25, 0.3) is 0 Å². The molecule has 0 amide bonds. The number of nitrogens with zero attached hydrogens (tertiary/aromatic N) is 1. The van der Waals surface area contributed by atoms with Crippen LogP contribution in [0.2, 0.25) is 0 Å². The second-order valence-electron chi connectivity index (χ2n) is 5.12. The lowest BCUT2D eigenvalue weighted by Gasteiger charge is -2.11. The monoisotopic (exact) mass is 252 g/mol. The summed E-state index contributed by atoms with van der Waals surface area (Å²) in [5, 5.41) is 9.34. The lowest BCUT2D eigenvalue weighted by molar-refractivity contribution is 0.252. The molecule has 18 heavy (non-hydrogen) atoms. The Morgan fingerprint density at radius 3 is 2.33 bits per heavy atom. The highest BCUT2D eigenvalue weighted by Crippen LogP contribution is 2.19. The third-order valence-corrected chi connectivity index (χ3v) is 3.53. The van der Waals surface area contributed by atoms with E-state index in [1.165, 1.54) is 51.4 Å². The van der Waals surface area contributed by atoms with Crippen LogP contribution in [0.3, 0.4) is 0 Å². The standard InChI is InChI=1S/C15H28N2O/c1-2-3-4-5-6-7-8-9-10-14(13-18)15-16-11-12-17-15/h11-12,14,18H,2-10,13H2,1H3,(H,16,17). The zero-order valence-corrected chi connectivity index (χ0v) is 11.7. The van der Waals surface area contributed by atoms with Crippen molar-refractivity contribution in [2.75, 3.05) is 6.61 Å². The first-order valence-corrected chi connectivity index (χ1v) is 7.48. The van der Waals surface area contributed by atoms with E-state index in [-0.39, 0.29) is 12.5 Å². The first-order valence-electron chi connectivity index (χ1n) is 7.48. The smallest absolute Gasteiger partial charge is 0.111 e. The summed E-state index contributed by atoms with van der Waals surface area (Å²) in [6, 6.07) is 0. The van der Waals surface area contributed by atoms with Gasteiger partial charge in [-0.25, -0.2) is 4.98 Å². The fraction of sp³-hybridized carbons (Fsp3) is 0.800. The molecular weight excluding hydrogens is 224 g/mol. The summed E-state index contributed by atoms with van der Waals surface area (Å²) in [7, 11) is 0. The molecule has 1 atom stereocenters. The Kier molecular flexibility index (Phi) is 8.57. The van der Waals surface area contributed by atoms with Crippen LogP contribution in [0.25, 0.3) is 0 Å². The molecule has 0 saturated carbocycles. The van der Waals surface area contributed by atoms with Crippen LogP contribution in [0, 0.1) is 0 Å². The van der Waals surface area contributed by atoms with Crippen molar-refractivity contribution in [2.24, 2.45) is 0 Å². The van der Waals surface area contributed by atoms with Gasteiger partial charge in [-0.3, -0.25) is 0 Å². The van der Waals surface area contributed by atoms with Crippen molar-refractivity contribution in [2.45, 2.75) is 70.6 Å². The second kappa shape index (κ2) is 10.1. The van der Waals surface area contributed by atoms with Gasteiger partial charge in [-0.15, -0.1) is 0 Å². The molecule has 0 aliphatic rings. The van der Waals surface area contributed by atoms with Gasteiger partial charge in [0.05, 0.1) is 6.61 Å². The molecule has 1 heterocycles. The molecule has 104 valence electrons. The van der Waals surface area contributed by atoms with Crippen LogP contribution in [-0.2, 0) is 0 Å². The highest BCUT2D eigenvalue weighted by atomic mass is 16.3. The van der Waals surface area contributed by atoms with Crippen molar-refractivity contribution in [1.29, 1.82) is 0 Å². The minimum atomic E-state index is 0.195. The van der Waals surface area contributed by atoms with E-state index in [4.69, 9.17) is 0 Å². The van der Waals surface area contributed by atoms with Crippen LogP contribution >= 0.6 is 0 Å². The largest absolute Gasteiger partial charge is 0.396 e. The van der Waals surface area contributed by atoms with Crippen molar-refractivity contribution < 1.29 is 5.11 Å². The van der Waals surface area contributed by atoms with Gasteiger partial charge < -0.3 is 10.1 Å². The van der Waals surface area contributed by atoms with E-state index in [1.807, 2.05) is 6.20 Å². The van der Waals surface area contributed by atoms with Gasteiger partial charge in [0.15, 0.2) is 0 Å². The van der Waals surface area contributed by atoms with Crippen molar-refractivity contribution in [3.8, 4) is 0 Å². The summed E-state index contributed by atoms with van der Waals surface area (Å²) in [6.45, 7) is 2.45. The van der Waals surface area contributed by atoms with Crippen LogP contribution in [0.4, 0.5) is 0 Å². The number of hydrogen-bond donors (Lipinski definition) is 2. The van der Waals surface area contributed by atoms with Crippen LogP contribution in [0.15, 0.2) is 12.4 Å². The Balaban J connectivity index is 1.99. The predicted molar refractivity (Wildman–Crippen MR) is 75.6 cm³/mol. The molecule has 3 heteroatoms. The third-order valence-electron chi connectivity index (χ3n) is 3.53. The van der Waals surface area contributed by atoms with Crippen LogP contribution < -0.4 is 0 Å². The highest BCUT2D eigenvalue weighted by molar-refractivity contribution is 4.96. The normalized spacial score (nSPS) is 12.8. The SMILES string of the molecule is CCCCCCCCCCC(CO)c1ncc[nH]1. The quantitative estimate of drug-likeness (QED) is 0.584. The van der Waals surface area contributed by atoms with Crippen molar-refractivity contribution in [3.63, 3.8) is 0 Å². The number of unbranched alkanes of at least 4 members (excludes halogenated alkanes) is 7. The number of aromatic nitrogens is 2. The maximum atomic E-state index is 9.34. The van der Waals surface area contributed by atoms with Crippen molar-refractivity contribution in [1.82, 2.24) is 9.97 Å². The van der Waals surface area contributed by atoms with E-state index >= 15 is 0 Å². The van der Waals surface area contributed by atoms with E-state index in [9.17, 15) is 5.11 Å². The van der Waals surface area contributed by atoms with E-state index in [0.29, 0.717) is 0 Å². The maximum absolute atomic E-state index is 9.34. The number of rotatable bonds is 11. The molecule has 0 aliphatic heterocycles. The minimum Gasteiger partial charge on any atom is -0.396 e. The number of H-pyrrole nitrogens is 1. The molecule has 2 N–H and O–H groups in total. The molecule has 0 bridgehead atoms. The summed E-state index contributed by atoms with van der Waals surface area (Å²) in [5.74, 6) is 1.13. The summed E-state index contributed by atoms with van der Waals surface area (Å²) < 4.78 is 0. The van der Waals surface area contributed by atoms with Crippen molar-refractivity contribution >= 4 is 0 Å². The first kappa shape index (κ1) is 15.2. The summed E-state index contributed by atoms with van der Waals surface area (Å²) >= 11 is 0. The molecule has 1 aromatic heterocycles. The predicted octanol–water partition coefficient (Wildman–Crippen LogP) is 4.02. The van der Waals surface area contributed by atoms with Gasteiger partial charge in [-0.05, 0) is 6.42 Å². The van der Waals surface area contributed by atoms with Gasteiger partial charge in [-0.1, -0.05) is 58.3 Å². The van der Waals surface area contributed by atoms with E-state index < -0.39 is 0 Å². The Bertz CT molecular complexity index is 272. The molecule has 0 fully saturated rings. The third kappa shape index (κ3) is 6.20. The molecule has 0 aromatic carbocycles. The fourth-order valence-corrected chi connectivity index (χ4v) is 2.34. The molecule has 1 rings (SSSR count). The zero-order chi connectivity index (χ0) is 13.1. The van der Waals surface area contributed by atoms with Crippen LogP contribution in [0.5, 0.6) is 0 Å². The number of aliphatic hydroxyl groups excluding tert-OH is 1. The lowest BCUT2D eigenvalue weighted by atomic mass is 10.00. The molecule has 3 nitrogen and oxygen atoms in total. The molecular formula is C15H28N2O. The maximum Gasteiger partial charge on any atom is 0.111 e. The molecule has 0 radical (unpaired) electrons. The number of aromatic amines is 1. The highest BCUT2D eigenvalue weighted by Gasteiger charge is 2.11. The molecule has 0 spiro atoms. The van der Waals surface area contributed by atoms with Crippen LogP contribution in [-0.4, -0.2) is 21.7 Å². The van der Waals surface area contributed by atoms with Crippen LogP contribution in [0.1, 0.15) is 76.5 Å². The minimum absolute atomic E-state index is 0.195. The Morgan fingerprint density at radius 2 is 1.78 bits per heavy atom. The summed E-state index contributed by atoms with van der Waals surface area (Å²) in [5.41, 5.74) is 0. The number of imidazole rings is 1. The lowest BCUT2D eigenvalue weighted by Crippen LogP contribution is -2.06. The molecule has 1 unspecified atom stereocenters. The van der Waals surface area contributed by atoms with Gasteiger partial charge >= 0.3 is 0 Å². The first-order chi connectivity index (χ1) is 8.88. The number of hydrogen-bond acceptors (Lipinski definition) is 2. The van der Waals surface area contributed by atoms with Gasteiger partial charge in [-0.2, -0.15) is 0 Å². The van der Waals surface area contributed by atoms with Gasteiger partial charge in [0, 0.05) is 18.3 Å². The number of aliphatic hydroxyl groups is 1. The Morgan fingerprint density at radius 1 is 1.11 bits per heavy atom. The summed E-state index contributed by atoms with van der Waals surface area (Å²) in [4.78, 5) is 7.31. The molecule has 0 aliphatic carbocycles. The molecule has 0 saturated heterocycles. The average Bonchev–Trinajstić information content (AvgIpc) is 2.91. The fourth-order valence-electron chi connectivity index (χ4n) is 2.34.